The van der Waals surface area contributed by atoms with Crippen molar-refractivity contribution in [3.05, 3.63) is 78.6 Å². The fourth-order valence-electron chi connectivity index (χ4n) is 3.09. The Kier molecular flexibility index (Phi) is 4.98. The number of carbonyl (C=O) groups is 1. The van der Waals surface area contributed by atoms with Crippen LogP contribution in [0.4, 0.5) is 4.39 Å². The topological polar surface area (TPSA) is 55.8 Å². The van der Waals surface area contributed by atoms with Gasteiger partial charge in [0.05, 0.1) is 12.5 Å². The first-order valence-corrected chi connectivity index (χ1v) is 9.08. The number of carboxylic acid groups (broad SMARTS) is 1. The van der Waals surface area contributed by atoms with E-state index in [1.165, 1.54) is 12.1 Å². The van der Waals surface area contributed by atoms with Crippen LogP contribution in [0.3, 0.4) is 0 Å². The van der Waals surface area contributed by atoms with Crippen LogP contribution in [0.1, 0.15) is 6.42 Å². The minimum absolute atomic E-state index is 0.0816. The minimum atomic E-state index is -0.761. The van der Waals surface area contributed by atoms with Gasteiger partial charge < -0.3 is 14.6 Å². The van der Waals surface area contributed by atoms with Crippen molar-refractivity contribution in [2.45, 2.75) is 6.42 Å². The molecule has 28 heavy (non-hydrogen) atoms. The van der Waals surface area contributed by atoms with Gasteiger partial charge in [-0.25, -0.2) is 4.39 Å². The van der Waals surface area contributed by atoms with Gasteiger partial charge in [0, 0.05) is 12.0 Å². The summed E-state index contributed by atoms with van der Waals surface area (Å²) in [6.45, 7) is 0.394. The zero-order chi connectivity index (χ0) is 19.5. The van der Waals surface area contributed by atoms with Gasteiger partial charge >= 0.3 is 5.97 Å². The molecule has 0 saturated heterocycles. The summed E-state index contributed by atoms with van der Waals surface area (Å²) in [5.41, 5.74) is 1.53. The van der Waals surface area contributed by atoms with Gasteiger partial charge in [-0.05, 0) is 53.9 Å². The summed E-state index contributed by atoms with van der Waals surface area (Å²) in [5.74, 6) is 0.392. The average molecular weight is 378 g/mol. The molecule has 4 nitrogen and oxygen atoms in total. The maximum Gasteiger partial charge on any atom is 0.306 e. The van der Waals surface area contributed by atoms with Gasteiger partial charge in [0.2, 0.25) is 0 Å². The molecule has 3 aromatic rings. The Balaban J connectivity index is 1.44. The van der Waals surface area contributed by atoms with E-state index >= 15 is 0 Å². The molecule has 1 aliphatic carbocycles. The van der Waals surface area contributed by atoms with Gasteiger partial charge in [0.15, 0.2) is 0 Å². The summed E-state index contributed by atoms with van der Waals surface area (Å²) in [6.07, 6.45) is 0.668. The molecule has 0 aromatic heterocycles. The maximum atomic E-state index is 14.1. The normalized spacial score (nSPS) is 17.8. The zero-order valence-corrected chi connectivity index (χ0v) is 15.0. The fraction of sp³-hybridized carbons (Fsp3) is 0.174. The van der Waals surface area contributed by atoms with Crippen molar-refractivity contribution in [2.75, 3.05) is 6.61 Å². The van der Waals surface area contributed by atoms with E-state index in [2.05, 4.69) is 0 Å². The first kappa shape index (κ1) is 18.0. The molecule has 0 bridgehead atoms. The van der Waals surface area contributed by atoms with Crippen molar-refractivity contribution in [2.24, 2.45) is 11.8 Å². The first-order valence-electron chi connectivity index (χ1n) is 9.08. The van der Waals surface area contributed by atoms with E-state index in [9.17, 15) is 9.18 Å². The van der Waals surface area contributed by atoms with E-state index < -0.39 is 5.97 Å². The smallest absolute Gasteiger partial charge is 0.306 e. The van der Waals surface area contributed by atoms with Gasteiger partial charge in [-0.3, -0.25) is 4.79 Å². The predicted octanol–water partition coefficient (Wildman–Crippen LogP) is 5.38. The second kappa shape index (κ2) is 7.72. The van der Waals surface area contributed by atoms with E-state index in [4.69, 9.17) is 14.6 Å². The Bertz CT molecular complexity index is 970. The summed E-state index contributed by atoms with van der Waals surface area (Å²) in [5, 5.41) is 8.92. The number of para-hydroxylation sites is 1. The summed E-state index contributed by atoms with van der Waals surface area (Å²) in [6, 6.07) is 21.1. The lowest BCUT2D eigenvalue weighted by Crippen LogP contribution is -2.06. The van der Waals surface area contributed by atoms with Crippen LogP contribution in [-0.2, 0) is 4.79 Å². The zero-order valence-electron chi connectivity index (χ0n) is 15.0. The molecule has 0 heterocycles. The molecular weight excluding hydrogens is 359 g/mol. The van der Waals surface area contributed by atoms with Crippen LogP contribution in [0.25, 0.3) is 11.1 Å². The summed E-state index contributed by atoms with van der Waals surface area (Å²) < 4.78 is 25.5. The number of rotatable bonds is 7. The third-order valence-electron chi connectivity index (χ3n) is 4.74. The van der Waals surface area contributed by atoms with Gasteiger partial charge in [-0.1, -0.05) is 30.3 Å². The Morgan fingerprint density at radius 2 is 1.68 bits per heavy atom. The van der Waals surface area contributed by atoms with Crippen molar-refractivity contribution in [1.29, 1.82) is 0 Å². The van der Waals surface area contributed by atoms with Crippen LogP contribution < -0.4 is 9.47 Å². The monoisotopic (exact) mass is 378 g/mol. The third-order valence-corrected chi connectivity index (χ3v) is 4.74. The number of hydrogen-bond donors (Lipinski definition) is 1. The van der Waals surface area contributed by atoms with E-state index in [1.54, 1.807) is 18.2 Å². The molecular formula is C23H19FO4. The van der Waals surface area contributed by atoms with Crippen LogP contribution in [0.5, 0.6) is 17.2 Å². The molecule has 5 heteroatoms. The molecule has 1 saturated carbocycles. The number of aliphatic carboxylic acids is 1. The standard InChI is InChI=1S/C23H19FO4/c24-18-10-16(11-21(13-18)28-20-4-2-1-3-5-20)15-6-8-19(9-7-15)27-14-17-12-22(17)23(25)26/h1-11,13,17,22H,12,14H2,(H,25,26). The van der Waals surface area contributed by atoms with Crippen LogP contribution >= 0.6 is 0 Å². The molecule has 1 aliphatic rings. The first-order chi connectivity index (χ1) is 13.6. The molecule has 1 N–H and O–H groups in total. The Morgan fingerprint density at radius 1 is 0.929 bits per heavy atom. The second-order valence-electron chi connectivity index (χ2n) is 6.87. The maximum absolute atomic E-state index is 14.1. The minimum Gasteiger partial charge on any atom is -0.493 e. The molecule has 0 aliphatic heterocycles. The van der Waals surface area contributed by atoms with Gasteiger partial charge in [-0.2, -0.15) is 0 Å². The molecule has 2 atom stereocenters. The molecule has 0 spiro atoms. The lowest BCUT2D eigenvalue weighted by atomic mass is 10.1. The number of hydrogen-bond acceptors (Lipinski definition) is 3. The van der Waals surface area contributed by atoms with E-state index in [-0.39, 0.29) is 17.7 Å². The number of carboxylic acids is 1. The predicted molar refractivity (Wildman–Crippen MR) is 103 cm³/mol. The molecule has 0 amide bonds. The molecule has 2 unspecified atom stereocenters. The van der Waals surface area contributed by atoms with Crippen LogP contribution in [0.15, 0.2) is 72.8 Å². The summed E-state index contributed by atoms with van der Waals surface area (Å²) in [4.78, 5) is 10.9. The Morgan fingerprint density at radius 3 is 2.36 bits per heavy atom. The molecule has 1 fully saturated rings. The van der Waals surface area contributed by atoms with Gasteiger partial charge in [0.1, 0.15) is 23.1 Å². The lowest BCUT2D eigenvalue weighted by molar-refractivity contribution is -0.138. The highest BCUT2D eigenvalue weighted by molar-refractivity contribution is 5.73. The number of benzene rings is 3. The molecule has 3 aromatic carbocycles. The van der Waals surface area contributed by atoms with E-state index in [0.717, 1.165) is 5.56 Å². The van der Waals surface area contributed by atoms with Gasteiger partial charge in [0.25, 0.3) is 0 Å². The molecule has 0 radical (unpaired) electrons. The largest absolute Gasteiger partial charge is 0.493 e. The highest BCUT2D eigenvalue weighted by atomic mass is 19.1. The van der Waals surface area contributed by atoms with Crippen LogP contribution in [0, 0.1) is 17.7 Å². The highest BCUT2D eigenvalue weighted by Crippen LogP contribution is 2.39. The SMILES string of the molecule is O=C(O)C1CC1COc1ccc(-c2cc(F)cc(Oc3ccccc3)c2)cc1. The number of ether oxygens (including phenoxy) is 2. The van der Waals surface area contributed by atoms with E-state index in [0.29, 0.717) is 35.8 Å². The molecule has 142 valence electrons. The van der Waals surface area contributed by atoms with Crippen molar-refractivity contribution in [3.63, 3.8) is 0 Å². The van der Waals surface area contributed by atoms with E-state index in [1.807, 2.05) is 42.5 Å². The average Bonchev–Trinajstić information content (AvgIpc) is 3.47. The Hall–Kier alpha value is -3.34. The van der Waals surface area contributed by atoms with Gasteiger partial charge in [-0.15, -0.1) is 0 Å². The van der Waals surface area contributed by atoms with Crippen molar-refractivity contribution in [1.82, 2.24) is 0 Å². The summed E-state index contributed by atoms with van der Waals surface area (Å²) >= 11 is 0. The van der Waals surface area contributed by atoms with Crippen molar-refractivity contribution < 1.29 is 23.8 Å². The third kappa shape index (κ3) is 4.31. The quantitative estimate of drug-likeness (QED) is 0.599. The van der Waals surface area contributed by atoms with Crippen LogP contribution in [-0.4, -0.2) is 17.7 Å². The lowest BCUT2D eigenvalue weighted by Gasteiger charge is -2.10. The molecule has 4 rings (SSSR count). The highest BCUT2D eigenvalue weighted by Gasteiger charge is 2.43. The summed E-state index contributed by atoms with van der Waals surface area (Å²) in [7, 11) is 0. The van der Waals surface area contributed by atoms with Crippen molar-refractivity contribution in [3.8, 4) is 28.4 Å². The number of halogens is 1. The van der Waals surface area contributed by atoms with Crippen molar-refractivity contribution >= 4 is 5.97 Å². The second-order valence-corrected chi connectivity index (χ2v) is 6.87. The Labute approximate surface area is 162 Å². The fourth-order valence-corrected chi connectivity index (χ4v) is 3.09. The van der Waals surface area contributed by atoms with Crippen LogP contribution in [0.2, 0.25) is 0 Å².